The highest BCUT2D eigenvalue weighted by molar-refractivity contribution is 6.04. The molecule has 7 nitrogen and oxygen atoms in total. The van der Waals surface area contributed by atoms with Gasteiger partial charge in [-0.05, 0) is 42.7 Å². The Bertz CT molecular complexity index is 1510. The predicted octanol–water partition coefficient (Wildman–Crippen LogP) is 4.47. The standard InChI is InChI=1S/C25H23N5O2/c1-32-18-12-10-16(11-13-18)14-29-23-21(25(31)30(15-26-23)17-6-2-3-7-17)22-24(29)28-20-9-5-4-8-19(20)27-22/h4-5,8-13,15,17H,2-3,6-7,14H2,1H3. The summed E-state index contributed by atoms with van der Waals surface area (Å²) in [6, 6.07) is 15.9. The van der Waals surface area contributed by atoms with Crippen LogP contribution in [0, 0.1) is 0 Å². The number of hydrogen-bond donors (Lipinski definition) is 0. The quantitative estimate of drug-likeness (QED) is 0.425. The van der Waals surface area contributed by atoms with Crippen LogP contribution in [0.25, 0.3) is 33.2 Å². The van der Waals surface area contributed by atoms with E-state index in [1.54, 1.807) is 13.4 Å². The molecule has 0 aliphatic heterocycles. The molecule has 32 heavy (non-hydrogen) atoms. The van der Waals surface area contributed by atoms with E-state index in [4.69, 9.17) is 19.7 Å². The SMILES string of the molecule is COc1ccc(Cn2c3nc4ccccc4nc3c3c(=O)n(C4CCCC4)cnc32)cc1. The van der Waals surface area contributed by atoms with Crippen LogP contribution < -0.4 is 10.3 Å². The number of methoxy groups -OCH3 is 1. The fourth-order valence-corrected chi connectivity index (χ4v) is 4.82. The molecule has 160 valence electrons. The average Bonchev–Trinajstić information content (AvgIpc) is 3.46. The maximum Gasteiger partial charge on any atom is 0.265 e. The van der Waals surface area contributed by atoms with Gasteiger partial charge in [0.05, 0.1) is 24.7 Å². The fourth-order valence-electron chi connectivity index (χ4n) is 4.82. The summed E-state index contributed by atoms with van der Waals surface area (Å²) >= 11 is 0. The van der Waals surface area contributed by atoms with Gasteiger partial charge in [0.2, 0.25) is 0 Å². The molecule has 0 N–H and O–H groups in total. The Balaban J connectivity index is 1.62. The van der Waals surface area contributed by atoms with Gasteiger partial charge in [-0.25, -0.2) is 15.0 Å². The Labute approximate surface area is 184 Å². The van der Waals surface area contributed by atoms with Crippen LogP contribution in [-0.2, 0) is 6.54 Å². The maximum absolute atomic E-state index is 13.6. The number of nitrogens with zero attached hydrogens (tertiary/aromatic N) is 5. The van der Waals surface area contributed by atoms with Gasteiger partial charge in [0.1, 0.15) is 23.0 Å². The van der Waals surface area contributed by atoms with E-state index >= 15 is 0 Å². The van der Waals surface area contributed by atoms with Crippen LogP contribution in [-0.4, -0.2) is 31.2 Å². The van der Waals surface area contributed by atoms with Crippen molar-refractivity contribution >= 4 is 33.2 Å². The number of rotatable bonds is 4. The van der Waals surface area contributed by atoms with Crippen molar-refractivity contribution in [3.63, 3.8) is 0 Å². The monoisotopic (exact) mass is 425 g/mol. The van der Waals surface area contributed by atoms with Gasteiger partial charge in [0, 0.05) is 6.04 Å². The highest BCUT2D eigenvalue weighted by Crippen LogP contribution is 2.30. The van der Waals surface area contributed by atoms with Gasteiger partial charge < -0.3 is 9.30 Å². The minimum atomic E-state index is -0.0232. The molecule has 6 rings (SSSR count). The number of fused-ring (bicyclic) bond motifs is 4. The minimum absolute atomic E-state index is 0.0232. The van der Waals surface area contributed by atoms with Gasteiger partial charge in [-0.3, -0.25) is 9.36 Å². The summed E-state index contributed by atoms with van der Waals surface area (Å²) in [4.78, 5) is 28.2. The van der Waals surface area contributed by atoms with E-state index in [-0.39, 0.29) is 11.6 Å². The lowest BCUT2D eigenvalue weighted by Crippen LogP contribution is -2.24. The second kappa shape index (κ2) is 7.44. The molecule has 3 aromatic heterocycles. The van der Waals surface area contributed by atoms with Crippen molar-refractivity contribution in [3.8, 4) is 5.75 Å². The van der Waals surface area contributed by atoms with Crippen molar-refractivity contribution in [1.82, 2.24) is 24.1 Å². The van der Waals surface area contributed by atoms with Crippen molar-refractivity contribution in [2.75, 3.05) is 7.11 Å². The van der Waals surface area contributed by atoms with E-state index in [0.29, 0.717) is 28.7 Å². The van der Waals surface area contributed by atoms with E-state index in [2.05, 4.69) is 0 Å². The zero-order chi connectivity index (χ0) is 21.7. The van der Waals surface area contributed by atoms with E-state index in [1.807, 2.05) is 57.7 Å². The lowest BCUT2D eigenvalue weighted by Gasteiger charge is -2.13. The third-order valence-electron chi connectivity index (χ3n) is 6.49. The maximum atomic E-state index is 13.6. The first-order chi connectivity index (χ1) is 15.7. The predicted molar refractivity (Wildman–Crippen MR) is 124 cm³/mol. The zero-order valence-electron chi connectivity index (χ0n) is 17.9. The Morgan fingerprint density at radius 3 is 2.41 bits per heavy atom. The summed E-state index contributed by atoms with van der Waals surface area (Å²) in [5, 5.41) is 0.557. The number of hydrogen-bond acceptors (Lipinski definition) is 5. The Morgan fingerprint density at radius 1 is 0.969 bits per heavy atom. The normalized spacial score (nSPS) is 14.7. The lowest BCUT2D eigenvalue weighted by molar-refractivity contribution is 0.414. The van der Waals surface area contributed by atoms with Crippen molar-refractivity contribution in [3.05, 3.63) is 70.8 Å². The summed E-state index contributed by atoms with van der Waals surface area (Å²) in [7, 11) is 1.65. The van der Waals surface area contributed by atoms with E-state index < -0.39 is 0 Å². The van der Waals surface area contributed by atoms with E-state index in [1.165, 1.54) is 0 Å². The topological polar surface area (TPSA) is 74.8 Å². The molecule has 0 unspecified atom stereocenters. The Morgan fingerprint density at radius 2 is 1.69 bits per heavy atom. The number of aromatic nitrogens is 5. The molecule has 0 atom stereocenters. The largest absolute Gasteiger partial charge is 0.497 e. The van der Waals surface area contributed by atoms with Gasteiger partial charge in [0.25, 0.3) is 5.56 Å². The van der Waals surface area contributed by atoms with Crippen LogP contribution in [0.1, 0.15) is 37.3 Å². The van der Waals surface area contributed by atoms with E-state index in [9.17, 15) is 4.79 Å². The Hall–Kier alpha value is -3.74. The molecule has 0 amide bonds. The number of benzene rings is 2. The third kappa shape index (κ3) is 2.96. The van der Waals surface area contributed by atoms with Crippen molar-refractivity contribution < 1.29 is 4.74 Å². The van der Waals surface area contributed by atoms with Gasteiger partial charge in [-0.1, -0.05) is 37.1 Å². The summed E-state index contributed by atoms with van der Waals surface area (Å²) < 4.78 is 9.10. The molecule has 1 aliphatic rings. The molecule has 0 bridgehead atoms. The molecule has 7 heteroatoms. The van der Waals surface area contributed by atoms with Crippen molar-refractivity contribution in [2.45, 2.75) is 38.3 Å². The molecule has 3 heterocycles. The van der Waals surface area contributed by atoms with Gasteiger partial charge >= 0.3 is 0 Å². The smallest absolute Gasteiger partial charge is 0.265 e. The number of ether oxygens (including phenoxy) is 1. The molecule has 1 fully saturated rings. The van der Waals surface area contributed by atoms with Crippen LogP contribution in [0.3, 0.4) is 0 Å². The van der Waals surface area contributed by atoms with Crippen LogP contribution in [0.2, 0.25) is 0 Å². The summed E-state index contributed by atoms with van der Waals surface area (Å²) in [6.07, 6.45) is 6.06. The Kier molecular flexibility index (Phi) is 4.41. The lowest BCUT2D eigenvalue weighted by atomic mass is 10.2. The molecule has 0 spiro atoms. The van der Waals surface area contributed by atoms with Crippen molar-refractivity contribution in [2.24, 2.45) is 0 Å². The van der Waals surface area contributed by atoms with Gasteiger partial charge in [-0.2, -0.15) is 0 Å². The number of para-hydroxylation sites is 2. The second-order valence-corrected chi connectivity index (χ2v) is 8.41. The first-order valence-electron chi connectivity index (χ1n) is 11.0. The van der Waals surface area contributed by atoms with Crippen LogP contribution >= 0.6 is 0 Å². The highest BCUT2D eigenvalue weighted by Gasteiger charge is 2.24. The first-order valence-corrected chi connectivity index (χ1v) is 11.0. The minimum Gasteiger partial charge on any atom is -0.497 e. The van der Waals surface area contributed by atoms with Crippen LogP contribution in [0.5, 0.6) is 5.75 Å². The first kappa shape index (κ1) is 19.0. The molecular weight excluding hydrogens is 402 g/mol. The molecule has 0 radical (unpaired) electrons. The molecule has 1 aliphatic carbocycles. The second-order valence-electron chi connectivity index (χ2n) is 8.41. The van der Waals surface area contributed by atoms with Crippen LogP contribution in [0.15, 0.2) is 59.7 Å². The highest BCUT2D eigenvalue weighted by atomic mass is 16.5. The van der Waals surface area contributed by atoms with Crippen LogP contribution in [0.4, 0.5) is 0 Å². The summed E-state index contributed by atoms with van der Waals surface area (Å²) in [5.74, 6) is 0.805. The fraction of sp³-hybridized carbons (Fsp3) is 0.280. The molecule has 2 aromatic carbocycles. The van der Waals surface area contributed by atoms with E-state index in [0.717, 1.165) is 48.0 Å². The molecule has 0 saturated heterocycles. The zero-order valence-corrected chi connectivity index (χ0v) is 17.9. The molecular formula is C25H23N5O2. The van der Waals surface area contributed by atoms with Gasteiger partial charge in [-0.15, -0.1) is 0 Å². The average molecular weight is 425 g/mol. The summed E-state index contributed by atoms with van der Waals surface area (Å²) in [6.45, 7) is 0.539. The third-order valence-corrected chi connectivity index (χ3v) is 6.49. The summed E-state index contributed by atoms with van der Waals surface area (Å²) in [5.41, 5.74) is 4.56. The molecule has 1 saturated carbocycles. The van der Waals surface area contributed by atoms with Gasteiger partial charge in [0.15, 0.2) is 11.3 Å². The van der Waals surface area contributed by atoms with Crippen molar-refractivity contribution in [1.29, 1.82) is 0 Å². The molecule has 5 aromatic rings.